The SMILES string of the molecule is CCNC(=O)C(CC)N(Cc1c(Cl)cccc1Cl)C(=O)CN(c1ccc(F)cc1)S(=O)(=O)c1ccccc1. The van der Waals surface area contributed by atoms with Gasteiger partial charge >= 0.3 is 0 Å². The molecule has 0 saturated heterocycles. The van der Waals surface area contributed by atoms with Crippen molar-refractivity contribution in [3.8, 4) is 0 Å². The first-order valence-electron chi connectivity index (χ1n) is 11.9. The number of carbonyl (C=O) groups is 2. The number of hydrogen-bond acceptors (Lipinski definition) is 4. The molecule has 0 aromatic heterocycles. The summed E-state index contributed by atoms with van der Waals surface area (Å²) in [5.74, 6) is -1.62. The second-order valence-corrected chi connectivity index (χ2v) is 11.0. The van der Waals surface area contributed by atoms with Crippen LogP contribution in [0.5, 0.6) is 0 Å². The van der Waals surface area contributed by atoms with Crippen LogP contribution in [0.1, 0.15) is 25.8 Å². The number of likely N-dealkylation sites (N-methyl/N-ethyl adjacent to an activating group) is 1. The van der Waals surface area contributed by atoms with E-state index in [0.29, 0.717) is 22.2 Å². The van der Waals surface area contributed by atoms with Gasteiger partial charge in [-0.3, -0.25) is 13.9 Å². The molecule has 0 radical (unpaired) electrons. The van der Waals surface area contributed by atoms with Gasteiger partial charge in [0.15, 0.2) is 0 Å². The molecular weight excluding hydrogens is 552 g/mol. The highest BCUT2D eigenvalue weighted by molar-refractivity contribution is 7.92. The molecule has 2 amide bonds. The van der Waals surface area contributed by atoms with Gasteiger partial charge in [-0.15, -0.1) is 0 Å². The summed E-state index contributed by atoms with van der Waals surface area (Å²) in [5.41, 5.74) is 0.511. The fourth-order valence-corrected chi connectivity index (χ4v) is 5.87. The summed E-state index contributed by atoms with van der Waals surface area (Å²) in [6, 6.07) is 16.3. The van der Waals surface area contributed by atoms with Crippen LogP contribution in [0.4, 0.5) is 10.1 Å². The van der Waals surface area contributed by atoms with Crippen molar-refractivity contribution >= 4 is 50.7 Å². The fraction of sp³-hybridized carbons (Fsp3) is 0.259. The third-order valence-electron chi connectivity index (χ3n) is 5.85. The zero-order valence-corrected chi connectivity index (χ0v) is 23.2. The van der Waals surface area contributed by atoms with Crippen LogP contribution in [0, 0.1) is 5.82 Å². The molecule has 0 aliphatic heterocycles. The van der Waals surface area contributed by atoms with Gasteiger partial charge in [0.2, 0.25) is 11.8 Å². The zero-order chi connectivity index (χ0) is 27.9. The smallest absolute Gasteiger partial charge is 0.264 e. The first-order valence-corrected chi connectivity index (χ1v) is 14.1. The molecule has 0 fully saturated rings. The molecule has 38 heavy (non-hydrogen) atoms. The van der Waals surface area contributed by atoms with Gasteiger partial charge in [0, 0.05) is 28.7 Å². The van der Waals surface area contributed by atoms with Gasteiger partial charge < -0.3 is 10.2 Å². The van der Waals surface area contributed by atoms with Crippen LogP contribution in [-0.4, -0.2) is 44.3 Å². The van der Waals surface area contributed by atoms with Crippen molar-refractivity contribution in [2.24, 2.45) is 0 Å². The number of sulfonamides is 1. The number of amides is 2. The number of nitrogens with one attached hydrogen (secondary N) is 1. The van der Waals surface area contributed by atoms with Crippen LogP contribution in [0.15, 0.2) is 77.7 Å². The summed E-state index contributed by atoms with van der Waals surface area (Å²) in [6.45, 7) is 3.06. The second kappa shape index (κ2) is 13.1. The Kier molecular flexibility index (Phi) is 10.1. The van der Waals surface area contributed by atoms with Crippen molar-refractivity contribution in [2.45, 2.75) is 37.8 Å². The molecule has 1 unspecified atom stereocenters. The number of halogens is 3. The van der Waals surface area contributed by atoms with Gasteiger partial charge in [0.05, 0.1) is 10.6 Å². The standard InChI is InChI=1S/C27H28Cl2FN3O4S/c1-3-25(27(35)31-4-2)32(17-22-23(28)11-8-12-24(22)29)26(34)18-33(20-15-13-19(30)14-16-20)38(36,37)21-9-6-5-7-10-21/h5-16,25H,3-4,17-18H2,1-2H3,(H,31,35). The normalized spacial score (nSPS) is 12.0. The summed E-state index contributed by atoms with van der Waals surface area (Å²) in [4.78, 5) is 28.1. The summed E-state index contributed by atoms with van der Waals surface area (Å²) >= 11 is 12.7. The van der Waals surface area contributed by atoms with E-state index < -0.39 is 40.2 Å². The summed E-state index contributed by atoms with van der Waals surface area (Å²) < 4.78 is 41.9. The maximum absolute atomic E-state index is 13.9. The Morgan fingerprint density at radius 1 is 0.921 bits per heavy atom. The van der Waals surface area contributed by atoms with Crippen LogP contribution in [-0.2, 0) is 26.2 Å². The monoisotopic (exact) mass is 579 g/mol. The van der Waals surface area contributed by atoms with Crippen molar-refractivity contribution in [3.05, 3.63) is 94.2 Å². The molecule has 1 N–H and O–H groups in total. The van der Waals surface area contributed by atoms with E-state index in [-0.39, 0.29) is 23.5 Å². The van der Waals surface area contributed by atoms with Crippen molar-refractivity contribution in [1.29, 1.82) is 0 Å². The predicted molar refractivity (Wildman–Crippen MR) is 147 cm³/mol. The van der Waals surface area contributed by atoms with Crippen molar-refractivity contribution in [3.63, 3.8) is 0 Å². The Hall–Kier alpha value is -3.14. The quantitative estimate of drug-likeness (QED) is 0.335. The number of anilines is 1. The van der Waals surface area contributed by atoms with E-state index in [9.17, 15) is 22.4 Å². The molecule has 0 saturated carbocycles. The van der Waals surface area contributed by atoms with E-state index in [0.717, 1.165) is 16.4 Å². The molecular formula is C27H28Cl2FN3O4S. The highest BCUT2D eigenvalue weighted by Gasteiger charge is 2.34. The fourth-order valence-electron chi connectivity index (χ4n) is 3.92. The van der Waals surface area contributed by atoms with Crippen LogP contribution < -0.4 is 9.62 Å². The molecule has 202 valence electrons. The minimum atomic E-state index is -4.24. The highest BCUT2D eigenvalue weighted by atomic mass is 35.5. The molecule has 0 aliphatic carbocycles. The molecule has 11 heteroatoms. The Bertz CT molecular complexity index is 1350. The summed E-state index contributed by atoms with van der Waals surface area (Å²) in [5, 5.41) is 3.32. The van der Waals surface area contributed by atoms with E-state index in [1.807, 2.05) is 0 Å². The van der Waals surface area contributed by atoms with Gasteiger partial charge in [0.1, 0.15) is 18.4 Å². The van der Waals surface area contributed by atoms with E-state index >= 15 is 0 Å². The Labute approximate surface area is 232 Å². The average Bonchev–Trinajstić information content (AvgIpc) is 2.90. The average molecular weight is 581 g/mol. The molecule has 0 bridgehead atoms. The number of hydrogen-bond donors (Lipinski definition) is 1. The van der Waals surface area contributed by atoms with E-state index in [1.165, 1.54) is 29.2 Å². The first-order chi connectivity index (χ1) is 18.1. The third kappa shape index (κ3) is 6.83. The maximum atomic E-state index is 13.9. The Morgan fingerprint density at radius 3 is 2.08 bits per heavy atom. The Morgan fingerprint density at radius 2 is 1.53 bits per heavy atom. The topological polar surface area (TPSA) is 86.8 Å². The molecule has 1 atom stereocenters. The number of benzene rings is 3. The number of carbonyl (C=O) groups excluding carboxylic acids is 2. The molecule has 0 spiro atoms. The van der Waals surface area contributed by atoms with Crippen molar-refractivity contribution < 1.29 is 22.4 Å². The molecule has 3 aromatic carbocycles. The molecule has 0 heterocycles. The van der Waals surface area contributed by atoms with E-state index in [1.54, 1.807) is 50.2 Å². The third-order valence-corrected chi connectivity index (χ3v) is 8.35. The summed E-state index contributed by atoms with van der Waals surface area (Å²) in [6.07, 6.45) is 0.252. The van der Waals surface area contributed by atoms with Gasteiger partial charge in [0.25, 0.3) is 10.0 Å². The largest absolute Gasteiger partial charge is 0.355 e. The Balaban J connectivity index is 2.08. The van der Waals surface area contributed by atoms with Crippen LogP contribution in [0.3, 0.4) is 0 Å². The number of nitrogens with zero attached hydrogens (tertiary/aromatic N) is 2. The predicted octanol–water partition coefficient (Wildman–Crippen LogP) is 5.27. The van der Waals surface area contributed by atoms with Crippen LogP contribution in [0.2, 0.25) is 10.0 Å². The molecule has 0 aliphatic rings. The first kappa shape index (κ1) is 29.4. The summed E-state index contributed by atoms with van der Waals surface area (Å²) in [7, 11) is -4.24. The number of rotatable bonds is 11. The highest BCUT2D eigenvalue weighted by Crippen LogP contribution is 2.28. The lowest BCUT2D eigenvalue weighted by atomic mass is 10.1. The van der Waals surface area contributed by atoms with Crippen LogP contribution >= 0.6 is 23.2 Å². The molecule has 3 rings (SSSR count). The van der Waals surface area contributed by atoms with Gasteiger partial charge in [-0.1, -0.05) is 54.4 Å². The minimum absolute atomic E-state index is 0.0476. The lowest BCUT2D eigenvalue weighted by molar-refractivity contribution is -0.140. The lowest BCUT2D eigenvalue weighted by Crippen LogP contribution is -2.52. The maximum Gasteiger partial charge on any atom is 0.264 e. The van der Waals surface area contributed by atoms with Gasteiger partial charge in [-0.25, -0.2) is 12.8 Å². The van der Waals surface area contributed by atoms with Crippen molar-refractivity contribution in [1.82, 2.24) is 10.2 Å². The van der Waals surface area contributed by atoms with E-state index in [4.69, 9.17) is 23.2 Å². The molecule has 7 nitrogen and oxygen atoms in total. The zero-order valence-electron chi connectivity index (χ0n) is 20.9. The lowest BCUT2D eigenvalue weighted by Gasteiger charge is -2.33. The minimum Gasteiger partial charge on any atom is -0.355 e. The van der Waals surface area contributed by atoms with Crippen molar-refractivity contribution in [2.75, 3.05) is 17.4 Å². The van der Waals surface area contributed by atoms with Gasteiger partial charge in [-0.05, 0) is 61.9 Å². The van der Waals surface area contributed by atoms with E-state index in [2.05, 4.69) is 5.32 Å². The second-order valence-electron chi connectivity index (χ2n) is 8.34. The van der Waals surface area contributed by atoms with Crippen LogP contribution in [0.25, 0.3) is 0 Å². The van der Waals surface area contributed by atoms with Gasteiger partial charge in [-0.2, -0.15) is 0 Å². The molecule has 3 aromatic rings.